The molecule has 0 aromatic heterocycles. The summed E-state index contributed by atoms with van der Waals surface area (Å²) < 4.78 is 0. The zero-order valence-electron chi connectivity index (χ0n) is 8.18. The molecule has 6 N–H and O–H groups in total. The minimum atomic E-state index is -0.752. The lowest BCUT2D eigenvalue weighted by Crippen LogP contribution is -2.44. The minimum absolute atomic E-state index is 0.0182. The molecule has 13 heavy (non-hydrogen) atoms. The average molecular weight is 186 g/mol. The molecule has 1 atom stereocenters. The SMILES string of the molecule is CC(=O)[C@@](C)(N)CCCNC(=N)N. The first kappa shape index (κ1) is 11.9. The molecule has 0 aliphatic heterocycles. The zero-order valence-corrected chi connectivity index (χ0v) is 8.18. The van der Waals surface area contributed by atoms with Crippen molar-refractivity contribution in [3.63, 3.8) is 0 Å². The first-order valence-electron chi connectivity index (χ1n) is 4.24. The van der Waals surface area contributed by atoms with Gasteiger partial charge in [0.2, 0.25) is 0 Å². The molecule has 0 saturated heterocycles. The van der Waals surface area contributed by atoms with E-state index in [1.54, 1.807) is 6.92 Å². The van der Waals surface area contributed by atoms with Crippen molar-refractivity contribution in [3.05, 3.63) is 0 Å². The van der Waals surface area contributed by atoms with Crippen molar-refractivity contribution in [2.24, 2.45) is 11.5 Å². The third-order valence-electron chi connectivity index (χ3n) is 1.99. The number of rotatable bonds is 5. The highest BCUT2D eigenvalue weighted by molar-refractivity contribution is 5.85. The second-order valence-corrected chi connectivity index (χ2v) is 3.42. The van der Waals surface area contributed by atoms with Crippen molar-refractivity contribution in [1.29, 1.82) is 5.41 Å². The smallest absolute Gasteiger partial charge is 0.185 e. The summed E-state index contributed by atoms with van der Waals surface area (Å²) in [6.45, 7) is 3.77. The molecule has 0 heterocycles. The third-order valence-corrected chi connectivity index (χ3v) is 1.99. The summed E-state index contributed by atoms with van der Waals surface area (Å²) in [5.41, 5.74) is 10.0. The summed E-state index contributed by atoms with van der Waals surface area (Å²) in [6, 6.07) is 0. The summed E-state index contributed by atoms with van der Waals surface area (Å²) >= 11 is 0. The highest BCUT2D eigenvalue weighted by Gasteiger charge is 2.22. The molecule has 0 bridgehead atoms. The zero-order chi connectivity index (χ0) is 10.5. The van der Waals surface area contributed by atoms with E-state index in [0.29, 0.717) is 13.0 Å². The van der Waals surface area contributed by atoms with Crippen LogP contribution in [0.2, 0.25) is 0 Å². The lowest BCUT2D eigenvalue weighted by molar-refractivity contribution is -0.121. The second-order valence-electron chi connectivity index (χ2n) is 3.42. The molecule has 0 rings (SSSR count). The van der Waals surface area contributed by atoms with Crippen molar-refractivity contribution in [3.8, 4) is 0 Å². The van der Waals surface area contributed by atoms with Gasteiger partial charge in [-0.05, 0) is 26.7 Å². The molecule has 0 aliphatic carbocycles. The molecule has 0 aromatic rings. The van der Waals surface area contributed by atoms with Gasteiger partial charge in [-0.25, -0.2) is 0 Å². The van der Waals surface area contributed by atoms with Gasteiger partial charge in [-0.15, -0.1) is 0 Å². The van der Waals surface area contributed by atoms with Crippen molar-refractivity contribution in [1.82, 2.24) is 5.32 Å². The summed E-state index contributed by atoms with van der Waals surface area (Å²) in [7, 11) is 0. The number of hydrogen-bond donors (Lipinski definition) is 4. The standard InChI is InChI=1S/C8H18N4O/c1-6(13)8(2,11)4-3-5-12-7(9)10/h3-5,11H2,1-2H3,(H4,9,10,12)/t8-/m0/s1. The van der Waals surface area contributed by atoms with E-state index in [0.717, 1.165) is 6.42 Å². The summed E-state index contributed by atoms with van der Waals surface area (Å²) in [5, 5.41) is 9.53. The first-order valence-corrected chi connectivity index (χ1v) is 4.24. The van der Waals surface area contributed by atoms with Gasteiger partial charge >= 0.3 is 0 Å². The maximum Gasteiger partial charge on any atom is 0.185 e. The van der Waals surface area contributed by atoms with E-state index in [2.05, 4.69) is 5.32 Å². The van der Waals surface area contributed by atoms with Gasteiger partial charge in [0.1, 0.15) is 5.78 Å². The Morgan fingerprint density at radius 1 is 1.62 bits per heavy atom. The van der Waals surface area contributed by atoms with Crippen LogP contribution < -0.4 is 16.8 Å². The minimum Gasteiger partial charge on any atom is -0.370 e. The summed E-state index contributed by atoms with van der Waals surface area (Å²) in [4.78, 5) is 11.0. The number of guanidine groups is 1. The van der Waals surface area contributed by atoms with Crippen LogP contribution in [0.25, 0.3) is 0 Å². The fourth-order valence-electron chi connectivity index (χ4n) is 0.855. The molecular formula is C8H18N4O. The summed E-state index contributed by atoms with van der Waals surface area (Å²) in [5.74, 6) is -0.0723. The Kier molecular flexibility index (Phi) is 4.40. The van der Waals surface area contributed by atoms with Crippen molar-refractivity contribution in [2.75, 3.05) is 6.54 Å². The maximum atomic E-state index is 11.0. The van der Waals surface area contributed by atoms with Gasteiger partial charge < -0.3 is 16.8 Å². The van der Waals surface area contributed by atoms with Gasteiger partial charge in [0, 0.05) is 6.54 Å². The van der Waals surface area contributed by atoms with E-state index in [-0.39, 0.29) is 11.7 Å². The molecular weight excluding hydrogens is 168 g/mol. The van der Waals surface area contributed by atoms with Gasteiger partial charge in [0.15, 0.2) is 5.96 Å². The Morgan fingerprint density at radius 2 is 2.15 bits per heavy atom. The van der Waals surface area contributed by atoms with E-state index in [9.17, 15) is 4.79 Å². The fraction of sp³-hybridized carbons (Fsp3) is 0.750. The van der Waals surface area contributed by atoms with Gasteiger partial charge in [0.05, 0.1) is 5.54 Å². The van der Waals surface area contributed by atoms with E-state index in [1.807, 2.05) is 0 Å². The molecule has 0 unspecified atom stereocenters. The molecule has 0 aliphatic rings. The van der Waals surface area contributed by atoms with Crippen LogP contribution in [0.15, 0.2) is 0 Å². The predicted octanol–water partition coefficient (Wildman–Crippen LogP) is -0.444. The molecule has 5 heteroatoms. The van der Waals surface area contributed by atoms with Crippen LogP contribution in [0, 0.1) is 5.41 Å². The number of carbonyl (C=O) groups is 1. The summed E-state index contributed by atoms with van der Waals surface area (Å²) in [6.07, 6.45) is 1.33. The number of Topliss-reactive ketones (excluding diaryl/α,β-unsaturated/α-hetero) is 1. The second kappa shape index (κ2) is 4.81. The van der Waals surface area contributed by atoms with Crippen LogP contribution >= 0.6 is 0 Å². The Morgan fingerprint density at radius 3 is 2.54 bits per heavy atom. The Balaban J connectivity index is 3.64. The molecule has 5 nitrogen and oxygen atoms in total. The molecule has 0 saturated carbocycles. The molecule has 0 radical (unpaired) electrons. The fourth-order valence-corrected chi connectivity index (χ4v) is 0.855. The molecule has 0 fully saturated rings. The topological polar surface area (TPSA) is 105 Å². The Hall–Kier alpha value is -1.10. The van der Waals surface area contributed by atoms with Crippen LogP contribution in [0.1, 0.15) is 26.7 Å². The van der Waals surface area contributed by atoms with E-state index >= 15 is 0 Å². The normalized spacial score (nSPS) is 14.7. The molecule has 0 amide bonds. The van der Waals surface area contributed by atoms with Gasteiger partial charge in [-0.3, -0.25) is 10.2 Å². The lowest BCUT2D eigenvalue weighted by atomic mass is 9.93. The van der Waals surface area contributed by atoms with Crippen molar-refractivity contribution >= 4 is 11.7 Å². The van der Waals surface area contributed by atoms with Crippen LogP contribution in [0.5, 0.6) is 0 Å². The average Bonchev–Trinajstić information content (AvgIpc) is 1.97. The molecule has 0 spiro atoms. The molecule has 76 valence electrons. The van der Waals surface area contributed by atoms with E-state index in [4.69, 9.17) is 16.9 Å². The van der Waals surface area contributed by atoms with Gasteiger partial charge in [0.25, 0.3) is 0 Å². The van der Waals surface area contributed by atoms with Crippen molar-refractivity contribution in [2.45, 2.75) is 32.2 Å². The number of carbonyl (C=O) groups excluding carboxylic acids is 1. The number of ketones is 1. The Labute approximate surface area is 78.4 Å². The van der Waals surface area contributed by atoms with Crippen molar-refractivity contribution < 1.29 is 4.79 Å². The first-order chi connectivity index (χ1) is 5.86. The lowest BCUT2D eigenvalue weighted by Gasteiger charge is -2.20. The highest BCUT2D eigenvalue weighted by Crippen LogP contribution is 2.08. The highest BCUT2D eigenvalue weighted by atomic mass is 16.1. The largest absolute Gasteiger partial charge is 0.370 e. The predicted molar refractivity (Wildman–Crippen MR) is 52.4 cm³/mol. The van der Waals surface area contributed by atoms with Crippen LogP contribution in [-0.2, 0) is 4.79 Å². The van der Waals surface area contributed by atoms with E-state index < -0.39 is 5.54 Å². The number of nitrogens with two attached hydrogens (primary N) is 2. The third kappa shape index (κ3) is 5.19. The molecule has 0 aromatic carbocycles. The Bertz CT molecular complexity index is 200. The monoisotopic (exact) mass is 186 g/mol. The van der Waals surface area contributed by atoms with Crippen LogP contribution in [0.4, 0.5) is 0 Å². The van der Waals surface area contributed by atoms with E-state index in [1.165, 1.54) is 6.92 Å². The number of hydrogen-bond acceptors (Lipinski definition) is 3. The number of nitrogens with one attached hydrogen (secondary N) is 2. The van der Waals surface area contributed by atoms with Crippen LogP contribution in [0.3, 0.4) is 0 Å². The van der Waals surface area contributed by atoms with Gasteiger partial charge in [-0.1, -0.05) is 0 Å². The maximum absolute atomic E-state index is 11.0. The van der Waals surface area contributed by atoms with Crippen LogP contribution in [-0.4, -0.2) is 23.8 Å². The van der Waals surface area contributed by atoms with Gasteiger partial charge in [-0.2, -0.15) is 0 Å². The quantitative estimate of drug-likeness (QED) is 0.265.